The summed E-state index contributed by atoms with van der Waals surface area (Å²) in [6, 6.07) is 8.42. The van der Waals surface area contributed by atoms with Gasteiger partial charge >= 0.3 is 0 Å². The predicted molar refractivity (Wildman–Crippen MR) is 107 cm³/mol. The van der Waals surface area contributed by atoms with Crippen LogP contribution in [0.25, 0.3) is 0 Å². The maximum atomic E-state index is 12.3. The smallest absolute Gasteiger partial charge is 0.224 e. The van der Waals surface area contributed by atoms with Gasteiger partial charge in [-0.2, -0.15) is 0 Å². The highest BCUT2D eigenvalue weighted by Crippen LogP contribution is 2.49. The third kappa shape index (κ3) is 4.49. The van der Waals surface area contributed by atoms with E-state index in [9.17, 15) is 13.2 Å². The average molecular weight is 411 g/mol. The van der Waals surface area contributed by atoms with Crippen molar-refractivity contribution in [3.05, 3.63) is 34.9 Å². The van der Waals surface area contributed by atoms with Crippen LogP contribution in [-0.4, -0.2) is 56.4 Å². The van der Waals surface area contributed by atoms with Crippen molar-refractivity contribution in [2.24, 2.45) is 5.92 Å². The molecule has 27 heavy (non-hydrogen) atoms. The molecule has 7 heteroatoms. The number of halogens is 1. The number of hydrogen-bond acceptors (Lipinski definition) is 4. The van der Waals surface area contributed by atoms with Gasteiger partial charge in [-0.05, 0) is 49.8 Å². The van der Waals surface area contributed by atoms with E-state index in [0.717, 1.165) is 37.5 Å². The summed E-state index contributed by atoms with van der Waals surface area (Å²) in [4.78, 5) is 14.8. The minimum atomic E-state index is -3.01. The van der Waals surface area contributed by atoms with Crippen molar-refractivity contribution in [3.63, 3.8) is 0 Å². The Labute approximate surface area is 166 Å². The number of carbonyl (C=O) groups excluding carboxylic acids is 1. The summed E-state index contributed by atoms with van der Waals surface area (Å²) in [6.45, 7) is 3.02. The summed E-state index contributed by atoms with van der Waals surface area (Å²) in [5, 5.41) is 3.87. The number of rotatable bonds is 5. The van der Waals surface area contributed by atoms with Crippen LogP contribution in [0.4, 0.5) is 0 Å². The molecule has 0 aromatic heterocycles. The largest absolute Gasteiger partial charge is 0.353 e. The average Bonchev–Trinajstić information content (AvgIpc) is 3.32. The van der Waals surface area contributed by atoms with E-state index in [1.54, 1.807) is 0 Å². The Morgan fingerprint density at radius 1 is 1.15 bits per heavy atom. The predicted octanol–water partition coefficient (Wildman–Crippen LogP) is 2.39. The third-order valence-corrected chi connectivity index (χ3v) is 8.39. The van der Waals surface area contributed by atoms with E-state index in [1.165, 1.54) is 18.4 Å². The number of nitrogens with zero attached hydrogens (tertiary/aromatic N) is 1. The summed E-state index contributed by atoms with van der Waals surface area (Å²) in [7, 11) is -3.01. The van der Waals surface area contributed by atoms with Crippen molar-refractivity contribution < 1.29 is 13.2 Å². The first kappa shape index (κ1) is 19.2. The number of piperidine rings is 1. The van der Waals surface area contributed by atoms with Crippen LogP contribution in [-0.2, 0) is 20.0 Å². The van der Waals surface area contributed by atoms with Crippen molar-refractivity contribution in [3.8, 4) is 0 Å². The Balaban J connectivity index is 1.26. The first-order valence-corrected chi connectivity index (χ1v) is 12.0. The molecule has 0 bridgehead atoms. The van der Waals surface area contributed by atoms with E-state index < -0.39 is 9.84 Å². The van der Waals surface area contributed by atoms with Gasteiger partial charge in [0.25, 0.3) is 0 Å². The fraction of sp³-hybridized carbons (Fsp3) is 0.650. The third-order valence-electron chi connectivity index (χ3n) is 6.37. The molecule has 2 heterocycles. The lowest BCUT2D eigenvalue weighted by molar-refractivity contribution is -0.125. The molecule has 4 rings (SSSR count). The molecule has 1 aliphatic carbocycles. The minimum Gasteiger partial charge on any atom is -0.353 e. The second kappa shape index (κ2) is 7.37. The van der Waals surface area contributed by atoms with Crippen molar-refractivity contribution >= 4 is 27.3 Å². The highest BCUT2D eigenvalue weighted by molar-refractivity contribution is 7.91. The summed E-state index contributed by atoms with van der Waals surface area (Å²) < 4.78 is 23.1. The molecule has 3 fully saturated rings. The quantitative estimate of drug-likeness (QED) is 0.809. The molecule has 1 unspecified atom stereocenters. The number of sulfone groups is 1. The van der Waals surface area contributed by atoms with Gasteiger partial charge in [-0.3, -0.25) is 4.79 Å². The van der Waals surface area contributed by atoms with Crippen molar-refractivity contribution in [2.45, 2.75) is 43.6 Å². The van der Waals surface area contributed by atoms with Gasteiger partial charge in [0, 0.05) is 36.1 Å². The summed E-state index contributed by atoms with van der Waals surface area (Å²) >= 11 is 6.02. The van der Waals surface area contributed by atoms with E-state index in [4.69, 9.17) is 11.6 Å². The van der Waals surface area contributed by atoms with Gasteiger partial charge in [0.05, 0.1) is 17.4 Å². The molecule has 3 aliphatic rings. The Bertz CT molecular complexity index is 797. The van der Waals surface area contributed by atoms with E-state index in [0.29, 0.717) is 6.42 Å². The van der Waals surface area contributed by atoms with E-state index >= 15 is 0 Å². The molecule has 2 aliphatic heterocycles. The van der Waals surface area contributed by atoms with Crippen LogP contribution in [0.15, 0.2) is 24.3 Å². The fourth-order valence-electron chi connectivity index (χ4n) is 4.48. The Kier molecular flexibility index (Phi) is 5.25. The maximum absolute atomic E-state index is 12.3. The molecular formula is C20H27ClN2O3S. The molecule has 148 valence electrons. The number of amides is 1. The second-order valence-corrected chi connectivity index (χ2v) is 11.1. The van der Waals surface area contributed by atoms with E-state index in [-0.39, 0.29) is 34.8 Å². The lowest BCUT2D eigenvalue weighted by atomic mass is 9.94. The van der Waals surface area contributed by atoms with Gasteiger partial charge in [-0.15, -0.1) is 0 Å². The van der Waals surface area contributed by atoms with E-state index in [1.807, 2.05) is 12.1 Å². The topological polar surface area (TPSA) is 66.5 Å². The highest BCUT2D eigenvalue weighted by atomic mass is 35.5. The number of nitrogens with one attached hydrogen (secondary N) is 1. The zero-order valence-electron chi connectivity index (χ0n) is 15.5. The van der Waals surface area contributed by atoms with Gasteiger partial charge in [0.15, 0.2) is 9.84 Å². The van der Waals surface area contributed by atoms with Gasteiger partial charge in [-0.25, -0.2) is 8.42 Å². The molecule has 1 aromatic carbocycles. The molecule has 1 saturated carbocycles. The Morgan fingerprint density at radius 3 is 2.37 bits per heavy atom. The molecular weight excluding hydrogens is 384 g/mol. The molecule has 5 nitrogen and oxygen atoms in total. The van der Waals surface area contributed by atoms with Crippen molar-refractivity contribution in [1.82, 2.24) is 10.2 Å². The Morgan fingerprint density at radius 2 is 1.81 bits per heavy atom. The second-order valence-electron chi connectivity index (χ2n) is 8.45. The zero-order valence-corrected chi connectivity index (χ0v) is 17.1. The zero-order chi connectivity index (χ0) is 19.1. The Hall–Kier alpha value is -1.11. The summed E-state index contributed by atoms with van der Waals surface area (Å²) in [6.07, 6.45) is 4.78. The first-order chi connectivity index (χ1) is 12.9. The molecule has 1 aromatic rings. The van der Waals surface area contributed by atoms with Gasteiger partial charge < -0.3 is 10.2 Å². The maximum Gasteiger partial charge on any atom is 0.224 e. The lowest BCUT2D eigenvalue weighted by Crippen LogP contribution is -2.48. The van der Waals surface area contributed by atoms with Crippen molar-refractivity contribution in [2.75, 3.05) is 31.1 Å². The van der Waals surface area contributed by atoms with Crippen LogP contribution in [0, 0.1) is 5.92 Å². The molecule has 2 saturated heterocycles. The number of carbonyl (C=O) groups is 1. The van der Waals surface area contributed by atoms with Gasteiger partial charge in [0.1, 0.15) is 0 Å². The number of likely N-dealkylation sites (tertiary alicyclic amines) is 1. The van der Waals surface area contributed by atoms with Crippen LogP contribution in [0.3, 0.4) is 0 Å². The number of hydrogen-bond donors (Lipinski definition) is 1. The van der Waals surface area contributed by atoms with Crippen LogP contribution in [0.2, 0.25) is 5.02 Å². The lowest BCUT2D eigenvalue weighted by Gasteiger charge is -2.35. The molecule has 0 radical (unpaired) electrons. The van der Waals surface area contributed by atoms with Crippen LogP contribution >= 0.6 is 11.6 Å². The normalized spacial score (nSPS) is 27.4. The summed E-state index contributed by atoms with van der Waals surface area (Å²) in [5.41, 5.74) is 1.66. The standard InChI is InChI=1S/C20H27ClN2O3S/c21-17-3-1-16(2-4-17)20(8-9-20)14-23-10-5-18(6-11-23)22-19(24)15-7-12-27(25,26)13-15/h1-4,15,18H,5-14H2,(H,22,24). The summed E-state index contributed by atoms with van der Waals surface area (Å²) in [5.74, 6) is -0.264. The molecule has 0 spiro atoms. The molecule has 1 amide bonds. The van der Waals surface area contributed by atoms with E-state index in [2.05, 4.69) is 22.3 Å². The molecule has 1 atom stereocenters. The van der Waals surface area contributed by atoms with Gasteiger partial charge in [-0.1, -0.05) is 23.7 Å². The van der Waals surface area contributed by atoms with Crippen molar-refractivity contribution in [1.29, 1.82) is 0 Å². The monoisotopic (exact) mass is 410 g/mol. The SMILES string of the molecule is O=C(NC1CCN(CC2(c3ccc(Cl)cc3)CC2)CC1)C1CCS(=O)(=O)C1. The fourth-order valence-corrected chi connectivity index (χ4v) is 6.34. The van der Waals surface area contributed by atoms with Crippen LogP contribution in [0.1, 0.15) is 37.7 Å². The highest BCUT2D eigenvalue weighted by Gasteiger charge is 2.45. The number of benzene rings is 1. The van der Waals surface area contributed by atoms with Gasteiger partial charge in [0.2, 0.25) is 5.91 Å². The van der Waals surface area contributed by atoms with Crippen LogP contribution in [0.5, 0.6) is 0 Å². The molecule has 1 N–H and O–H groups in total. The van der Waals surface area contributed by atoms with Crippen LogP contribution < -0.4 is 5.32 Å². The minimum absolute atomic E-state index is 0.0152. The first-order valence-electron chi connectivity index (χ1n) is 9.84.